The molecule has 1 fully saturated rings. The van der Waals surface area contributed by atoms with E-state index in [4.69, 9.17) is 0 Å². The molecule has 21 heavy (non-hydrogen) atoms. The molecule has 0 saturated carbocycles. The molecule has 0 spiro atoms. The normalized spacial score (nSPS) is 19.5. The molecule has 0 radical (unpaired) electrons. The maximum atomic E-state index is 3.67. The number of nitrogens with zero attached hydrogens (tertiary/aromatic N) is 2. The Hall–Kier alpha value is -1.06. The summed E-state index contributed by atoms with van der Waals surface area (Å²) >= 11 is 0. The van der Waals surface area contributed by atoms with Crippen molar-refractivity contribution in [1.82, 2.24) is 10.2 Å². The number of piperazine rings is 1. The van der Waals surface area contributed by atoms with Crippen molar-refractivity contribution in [2.24, 2.45) is 5.92 Å². The molecular formula is C18H31N3. The smallest absolute Gasteiger partial charge is 0.0367 e. The van der Waals surface area contributed by atoms with Crippen LogP contribution in [0, 0.1) is 5.92 Å². The van der Waals surface area contributed by atoms with E-state index in [0.29, 0.717) is 6.04 Å². The Bertz CT molecular complexity index is 385. The van der Waals surface area contributed by atoms with Crippen molar-refractivity contribution in [1.29, 1.82) is 0 Å². The molecular weight excluding hydrogens is 258 g/mol. The standard InChI is InChI=1S/C18H31N3/c1-4-16(3)18(19-5-2)15-20-11-13-21(14-12-20)17-9-7-6-8-10-17/h6-10,16,18-19H,4-5,11-15H2,1-3H3. The zero-order chi connectivity index (χ0) is 15.1. The minimum atomic E-state index is 0.628. The number of para-hydroxylation sites is 1. The van der Waals surface area contributed by atoms with Gasteiger partial charge in [-0.15, -0.1) is 0 Å². The summed E-state index contributed by atoms with van der Waals surface area (Å²) in [5.41, 5.74) is 1.36. The van der Waals surface area contributed by atoms with Gasteiger partial charge in [-0.1, -0.05) is 45.4 Å². The van der Waals surface area contributed by atoms with Gasteiger partial charge in [0.2, 0.25) is 0 Å². The van der Waals surface area contributed by atoms with Gasteiger partial charge in [0, 0.05) is 44.5 Å². The number of likely N-dealkylation sites (N-methyl/N-ethyl adjacent to an activating group) is 1. The Labute approximate surface area is 130 Å². The monoisotopic (exact) mass is 289 g/mol. The van der Waals surface area contributed by atoms with Crippen LogP contribution in [0.4, 0.5) is 5.69 Å². The predicted molar refractivity (Wildman–Crippen MR) is 92.0 cm³/mol. The quantitative estimate of drug-likeness (QED) is 0.833. The van der Waals surface area contributed by atoms with Crippen LogP contribution in [-0.4, -0.2) is 50.2 Å². The summed E-state index contributed by atoms with van der Waals surface area (Å²) < 4.78 is 0. The Morgan fingerprint density at radius 3 is 2.29 bits per heavy atom. The van der Waals surface area contributed by atoms with E-state index in [1.165, 1.54) is 31.7 Å². The lowest BCUT2D eigenvalue weighted by molar-refractivity contribution is 0.202. The van der Waals surface area contributed by atoms with Gasteiger partial charge in [-0.2, -0.15) is 0 Å². The first-order valence-electron chi connectivity index (χ1n) is 8.50. The fourth-order valence-electron chi connectivity index (χ4n) is 3.10. The Morgan fingerprint density at radius 2 is 1.71 bits per heavy atom. The highest BCUT2D eigenvalue weighted by molar-refractivity contribution is 5.46. The van der Waals surface area contributed by atoms with Gasteiger partial charge in [0.1, 0.15) is 0 Å². The fraction of sp³-hybridized carbons (Fsp3) is 0.667. The minimum absolute atomic E-state index is 0.628. The van der Waals surface area contributed by atoms with E-state index in [-0.39, 0.29) is 0 Å². The van der Waals surface area contributed by atoms with E-state index >= 15 is 0 Å². The third-order valence-electron chi connectivity index (χ3n) is 4.75. The second-order valence-electron chi connectivity index (χ2n) is 6.17. The van der Waals surface area contributed by atoms with Gasteiger partial charge in [0.15, 0.2) is 0 Å². The van der Waals surface area contributed by atoms with Gasteiger partial charge in [-0.25, -0.2) is 0 Å². The molecule has 0 amide bonds. The molecule has 2 atom stereocenters. The van der Waals surface area contributed by atoms with Crippen LogP contribution in [0.15, 0.2) is 30.3 Å². The molecule has 2 rings (SSSR count). The third-order valence-corrected chi connectivity index (χ3v) is 4.75. The van der Waals surface area contributed by atoms with Gasteiger partial charge >= 0.3 is 0 Å². The summed E-state index contributed by atoms with van der Waals surface area (Å²) in [5.74, 6) is 0.747. The SMILES string of the molecule is CCNC(CN1CCN(c2ccccc2)CC1)C(C)CC. The molecule has 1 saturated heterocycles. The summed E-state index contributed by atoms with van der Waals surface area (Å²) in [6, 6.07) is 11.4. The molecule has 2 unspecified atom stereocenters. The highest BCUT2D eigenvalue weighted by atomic mass is 15.3. The zero-order valence-electron chi connectivity index (χ0n) is 13.9. The van der Waals surface area contributed by atoms with E-state index < -0.39 is 0 Å². The first-order valence-corrected chi connectivity index (χ1v) is 8.50. The third kappa shape index (κ3) is 4.72. The van der Waals surface area contributed by atoms with Gasteiger partial charge in [-0.05, 0) is 24.6 Å². The van der Waals surface area contributed by atoms with E-state index in [9.17, 15) is 0 Å². The van der Waals surface area contributed by atoms with Crippen LogP contribution >= 0.6 is 0 Å². The highest BCUT2D eigenvalue weighted by Gasteiger charge is 2.22. The van der Waals surface area contributed by atoms with E-state index in [1.807, 2.05) is 0 Å². The van der Waals surface area contributed by atoms with Crippen molar-refractivity contribution in [3.63, 3.8) is 0 Å². The highest BCUT2D eigenvalue weighted by Crippen LogP contribution is 2.16. The summed E-state index contributed by atoms with van der Waals surface area (Å²) in [6.45, 7) is 13.8. The number of hydrogen-bond acceptors (Lipinski definition) is 3. The average molecular weight is 289 g/mol. The maximum absolute atomic E-state index is 3.67. The maximum Gasteiger partial charge on any atom is 0.0367 e. The van der Waals surface area contributed by atoms with Gasteiger partial charge in [0.05, 0.1) is 0 Å². The molecule has 1 heterocycles. The van der Waals surface area contributed by atoms with Gasteiger partial charge in [0.25, 0.3) is 0 Å². The summed E-state index contributed by atoms with van der Waals surface area (Å²) in [4.78, 5) is 5.13. The molecule has 118 valence electrons. The van der Waals surface area contributed by atoms with Crippen LogP contribution in [0.3, 0.4) is 0 Å². The average Bonchev–Trinajstić information content (AvgIpc) is 2.55. The Morgan fingerprint density at radius 1 is 1.05 bits per heavy atom. The molecule has 1 aliphatic rings. The van der Waals surface area contributed by atoms with Crippen LogP contribution in [-0.2, 0) is 0 Å². The van der Waals surface area contributed by atoms with Crippen LogP contribution in [0.1, 0.15) is 27.2 Å². The number of nitrogens with one attached hydrogen (secondary N) is 1. The summed E-state index contributed by atoms with van der Waals surface area (Å²) in [5, 5.41) is 3.67. The molecule has 1 aromatic rings. The molecule has 0 aromatic heterocycles. The van der Waals surface area contributed by atoms with Gasteiger partial charge < -0.3 is 10.2 Å². The van der Waals surface area contributed by atoms with Crippen molar-refractivity contribution in [2.45, 2.75) is 33.2 Å². The van der Waals surface area contributed by atoms with Crippen LogP contribution in [0.2, 0.25) is 0 Å². The largest absolute Gasteiger partial charge is 0.369 e. The minimum Gasteiger partial charge on any atom is -0.369 e. The van der Waals surface area contributed by atoms with Crippen molar-refractivity contribution >= 4 is 5.69 Å². The van der Waals surface area contributed by atoms with Crippen LogP contribution < -0.4 is 10.2 Å². The molecule has 3 nitrogen and oxygen atoms in total. The van der Waals surface area contributed by atoms with Crippen LogP contribution in [0.5, 0.6) is 0 Å². The van der Waals surface area contributed by atoms with Crippen molar-refractivity contribution in [3.05, 3.63) is 30.3 Å². The predicted octanol–water partition coefficient (Wildman–Crippen LogP) is 2.83. The Kier molecular flexibility index (Phi) is 6.52. The van der Waals surface area contributed by atoms with Crippen LogP contribution in [0.25, 0.3) is 0 Å². The number of benzene rings is 1. The fourth-order valence-corrected chi connectivity index (χ4v) is 3.10. The van der Waals surface area contributed by atoms with Crippen molar-refractivity contribution in [3.8, 4) is 0 Å². The molecule has 3 heteroatoms. The first-order chi connectivity index (χ1) is 10.2. The molecule has 1 aromatic carbocycles. The number of anilines is 1. The van der Waals surface area contributed by atoms with E-state index in [1.54, 1.807) is 0 Å². The molecule has 1 N–H and O–H groups in total. The first kappa shape index (κ1) is 16.3. The second-order valence-corrected chi connectivity index (χ2v) is 6.17. The summed E-state index contributed by atoms with van der Waals surface area (Å²) in [7, 11) is 0. The van der Waals surface area contributed by atoms with Crippen molar-refractivity contribution in [2.75, 3.05) is 44.2 Å². The topological polar surface area (TPSA) is 18.5 Å². The summed E-state index contributed by atoms with van der Waals surface area (Å²) in [6.07, 6.45) is 1.25. The lowest BCUT2D eigenvalue weighted by Gasteiger charge is -2.38. The van der Waals surface area contributed by atoms with E-state index in [2.05, 4.69) is 66.2 Å². The molecule has 0 aliphatic carbocycles. The number of rotatable bonds is 7. The van der Waals surface area contributed by atoms with Gasteiger partial charge in [-0.3, -0.25) is 4.90 Å². The molecule has 0 bridgehead atoms. The van der Waals surface area contributed by atoms with Crippen molar-refractivity contribution < 1.29 is 0 Å². The molecule has 1 aliphatic heterocycles. The second kappa shape index (κ2) is 8.40. The number of hydrogen-bond donors (Lipinski definition) is 1. The van der Waals surface area contributed by atoms with E-state index in [0.717, 1.165) is 25.6 Å². The zero-order valence-corrected chi connectivity index (χ0v) is 13.9. The lowest BCUT2D eigenvalue weighted by Crippen LogP contribution is -2.52. The lowest BCUT2D eigenvalue weighted by atomic mass is 9.98. The Balaban J connectivity index is 1.83.